The predicted molar refractivity (Wildman–Crippen MR) is 102 cm³/mol. The van der Waals surface area contributed by atoms with Crippen LogP contribution in [0, 0.1) is 0 Å². The van der Waals surface area contributed by atoms with E-state index in [0.29, 0.717) is 17.4 Å². The molecule has 0 spiro atoms. The largest absolute Gasteiger partial charge is 0.416 e. The average Bonchev–Trinajstić information content (AvgIpc) is 3.06. The standard InChI is InChI=1S/C18H19F3N4O3S/c1-2-7-22-15(27)9-25-14(10-26)8-23-17(25)29-11-16(28)24-13-5-3-12(4-6-13)18(19,20)21/h2-6,8,26H,1,7,9-11H2,(H,22,27)(H,24,28). The molecule has 2 amide bonds. The van der Waals surface area contributed by atoms with Gasteiger partial charge in [-0.1, -0.05) is 17.8 Å². The molecule has 0 saturated carbocycles. The summed E-state index contributed by atoms with van der Waals surface area (Å²) in [4.78, 5) is 28.1. The number of hydrogen-bond acceptors (Lipinski definition) is 5. The number of hydrogen-bond donors (Lipinski definition) is 3. The fraction of sp³-hybridized carbons (Fsp3) is 0.278. The number of halogens is 3. The fourth-order valence-electron chi connectivity index (χ4n) is 2.26. The van der Waals surface area contributed by atoms with Gasteiger partial charge in [-0.05, 0) is 24.3 Å². The third kappa shape index (κ3) is 6.64. The van der Waals surface area contributed by atoms with Gasteiger partial charge in [-0.3, -0.25) is 9.59 Å². The smallest absolute Gasteiger partial charge is 0.390 e. The zero-order valence-corrected chi connectivity index (χ0v) is 16.0. The number of imidazole rings is 1. The average molecular weight is 428 g/mol. The Hall–Kier alpha value is -2.79. The number of aromatic nitrogens is 2. The summed E-state index contributed by atoms with van der Waals surface area (Å²) in [6, 6.07) is 4.09. The summed E-state index contributed by atoms with van der Waals surface area (Å²) in [5.74, 6) is -0.850. The van der Waals surface area contributed by atoms with Gasteiger partial charge >= 0.3 is 6.18 Å². The Bertz CT molecular complexity index is 866. The van der Waals surface area contributed by atoms with Gasteiger partial charge < -0.3 is 20.3 Å². The zero-order valence-electron chi connectivity index (χ0n) is 15.2. The van der Waals surface area contributed by atoms with E-state index in [1.54, 1.807) is 0 Å². The van der Waals surface area contributed by atoms with Crippen molar-refractivity contribution in [3.63, 3.8) is 0 Å². The molecule has 29 heavy (non-hydrogen) atoms. The molecule has 0 aliphatic heterocycles. The Morgan fingerprint density at radius 2 is 1.93 bits per heavy atom. The third-order valence-corrected chi connectivity index (χ3v) is 4.63. The quantitative estimate of drug-likeness (QED) is 0.421. The highest BCUT2D eigenvalue weighted by Gasteiger charge is 2.30. The summed E-state index contributed by atoms with van der Waals surface area (Å²) >= 11 is 1.03. The van der Waals surface area contributed by atoms with Crippen LogP contribution in [0.25, 0.3) is 0 Å². The van der Waals surface area contributed by atoms with Crippen molar-refractivity contribution in [2.75, 3.05) is 17.6 Å². The Morgan fingerprint density at radius 3 is 2.52 bits per heavy atom. The van der Waals surface area contributed by atoms with Crippen molar-refractivity contribution >= 4 is 29.3 Å². The van der Waals surface area contributed by atoms with Crippen molar-refractivity contribution in [3.8, 4) is 0 Å². The van der Waals surface area contributed by atoms with Crippen molar-refractivity contribution in [2.45, 2.75) is 24.5 Å². The number of aliphatic hydroxyl groups is 1. The lowest BCUT2D eigenvalue weighted by Crippen LogP contribution is -2.28. The molecule has 11 heteroatoms. The molecule has 0 fully saturated rings. The van der Waals surface area contributed by atoms with Crippen molar-refractivity contribution in [1.29, 1.82) is 0 Å². The summed E-state index contributed by atoms with van der Waals surface area (Å²) in [6.45, 7) is 3.37. The van der Waals surface area contributed by atoms with Crippen LogP contribution in [0.5, 0.6) is 0 Å². The van der Waals surface area contributed by atoms with E-state index in [1.807, 2.05) is 0 Å². The molecule has 1 heterocycles. The topological polar surface area (TPSA) is 96.2 Å². The summed E-state index contributed by atoms with van der Waals surface area (Å²) in [6.07, 6.45) is -1.52. The van der Waals surface area contributed by atoms with Crippen LogP contribution in [0.15, 0.2) is 48.3 Å². The molecule has 0 radical (unpaired) electrons. The van der Waals surface area contributed by atoms with Gasteiger partial charge in [0.25, 0.3) is 0 Å². The van der Waals surface area contributed by atoms with E-state index in [2.05, 4.69) is 22.2 Å². The molecule has 0 atom stereocenters. The number of carbonyl (C=O) groups is 2. The molecule has 3 N–H and O–H groups in total. The van der Waals surface area contributed by atoms with Crippen LogP contribution in [-0.4, -0.2) is 38.8 Å². The Balaban J connectivity index is 1.96. The normalized spacial score (nSPS) is 11.2. The highest BCUT2D eigenvalue weighted by molar-refractivity contribution is 7.99. The minimum absolute atomic E-state index is 0.0861. The summed E-state index contributed by atoms with van der Waals surface area (Å²) in [5.41, 5.74) is -0.172. The minimum atomic E-state index is -4.45. The van der Waals surface area contributed by atoms with E-state index in [1.165, 1.54) is 29.0 Å². The predicted octanol–water partition coefficient (Wildman–Crippen LogP) is 2.43. The van der Waals surface area contributed by atoms with Crippen molar-refractivity contribution in [1.82, 2.24) is 14.9 Å². The third-order valence-electron chi connectivity index (χ3n) is 3.64. The number of amides is 2. The molecular formula is C18H19F3N4O3S. The highest BCUT2D eigenvalue weighted by Crippen LogP contribution is 2.29. The van der Waals surface area contributed by atoms with E-state index >= 15 is 0 Å². The van der Waals surface area contributed by atoms with Gasteiger partial charge in [0.2, 0.25) is 11.8 Å². The Kier molecular flexibility index (Phi) is 7.85. The number of anilines is 1. The van der Waals surface area contributed by atoms with Crippen LogP contribution in [0.3, 0.4) is 0 Å². The lowest BCUT2D eigenvalue weighted by molar-refractivity contribution is -0.137. The lowest BCUT2D eigenvalue weighted by atomic mass is 10.2. The van der Waals surface area contributed by atoms with Gasteiger partial charge in [0.15, 0.2) is 5.16 Å². The van der Waals surface area contributed by atoms with Gasteiger partial charge in [-0.15, -0.1) is 6.58 Å². The molecule has 1 aromatic heterocycles. The number of nitrogens with one attached hydrogen (secondary N) is 2. The molecule has 2 aromatic rings. The second-order valence-corrected chi connectivity index (χ2v) is 6.72. The van der Waals surface area contributed by atoms with Gasteiger partial charge in [-0.25, -0.2) is 4.98 Å². The van der Waals surface area contributed by atoms with E-state index in [4.69, 9.17) is 0 Å². The first-order valence-corrected chi connectivity index (χ1v) is 9.36. The van der Waals surface area contributed by atoms with Crippen LogP contribution in [0.4, 0.5) is 18.9 Å². The molecule has 0 saturated heterocycles. The first-order valence-electron chi connectivity index (χ1n) is 8.37. The number of alkyl halides is 3. The van der Waals surface area contributed by atoms with Crippen molar-refractivity contribution < 1.29 is 27.9 Å². The van der Waals surface area contributed by atoms with Crippen LogP contribution >= 0.6 is 11.8 Å². The monoisotopic (exact) mass is 428 g/mol. The molecule has 0 unspecified atom stereocenters. The first-order chi connectivity index (χ1) is 13.7. The van der Waals surface area contributed by atoms with Crippen LogP contribution in [0.2, 0.25) is 0 Å². The molecule has 0 aliphatic carbocycles. The number of carbonyl (C=O) groups excluding carboxylic acids is 2. The molecule has 0 aliphatic rings. The van der Waals surface area contributed by atoms with E-state index < -0.39 is 17.6 Å². The molecular weight excluding hydrogens is 409 g/mol. The molecule has 2 rings (SSSR count). The van der Waals surface area contributed by atoms with Crippen molar-refractivity contribution in [3.05, 3.63) is 54.4 Å². The van der Waals surface area contributed by atoms with Crippen LogP contribution in [-0.2, 0) is 28.9 Å². The summed E-state index contributed by atoms with van der Waals surface area (Å²) in [7, 11) is 0. The maximum Gasteiger partial charge on any atom is 0.416 e. The van der Waals surface area contributed by atoms with E-state index in [-0.39, 0.29) is 30.5 Å². The summed E-state index contributed by atoms with van der Waals surface area (Å²) in [5, 5.41) is 14.8. The van der Waals surface area contributed by atoms with E-state index in [9.17, 15) is 27.9 Å². The van der Waals surface area contributed by atoms with Gasteiger partial charge in [0.1, 0.15) is 6.54 Å². The number of aliphatic hydroxyl groups excluding tert-OH is 1. The van der Waals surface area contributed by atoms with Crippen molar-refractivity contribution in [2.24, 2.45) is 0 Å². The number of thioether (sulfide) groups is 1. The fourth-order valence-corrected chi connectivity index (χ4v) is 3.05. The lowest BCUT2D eigenvalue weighted by Gasteiger charge is -2.11. The maximum absolute atomic E-state index is 12.6. The number of benzene rings is 1. The Labute approximate surface area is 169 Å². The minimum Gasteiger partial charge on any atom is -0.390 e. The maximum atomic E-state index is 12.6. The van der Waals surface area contributed by atoms with E-state index in [0.717, 1.165) is 23.9 Å². The number of rotatable bonds is 9. The second-order valence-electron chi connectivity index (χ2n) is 5.78. The summed E-state index contributed by atoms with van der Waals surface area (Å²) < 4.78 is 39.2. The van der Waals surface area contributed by atoms with Crippen LogP contribution in [0.1, 0.15) is 11.3 Å². The van der Waals surface area contributed by atoms with Gasteiger partial charge in [0, 0.05) is 12.2 Å². The zero-order chi connectivity index (χ0) is 21.4. The molecule has 156 valence electrons. The Morgan fingerprint density at radius 1 is 1.24 bits per heavy atom. The van der Waals surface area contributed by atoms with Crippen LogP contribution < -0.4 is 10.6 Å². The molecule has 1 aromatic carbocycles. The van der Waals surface area contributed by atoms with Gasteiger partial charge in [-0.2, -0.15) is 13.2 Å². The SMILES string of the molecule is C=CCNC(=O)Cn1c(CO)cnc1SCC(=O)Nc1ccc(C(F)(F)F)cc1. The second kappa shape index (κ2) is 10.1. The first kappa shape index (κ1) is 22.5. The highest BCUT2D eigenvalue weighted by atomic mass is 32.2. The molecule has 7 nitrogen and oxygen atoms in total. The number of nitrogens with zero attached hydrogens (tertiary/aromatic N) is 2. The molecule has 0 bridgehead atoms. The van der Waals surface area contributed by atoms with Gasteiger partial charge in [0.05, 0.1) is 29.8 Å².